The first-order chi connectivity index (χ1) is 9.08. The first kappa shape index (κ1) is 16.4. The van der Waals surface area contributed by atoms with E-state index in [2.05, 4.69) is 0 Å². The van der Waals surface area contributed by atoms with Gasteiger partial charge < -0.3 is 10.8 Å². The maximum Gasteiger partial charge on any atom is 0.416 e. The van der Waals surface area contributed by atoms with Crippen molar-refractivity contribution in [3.05, 3.63) is 29.8 Å². The van der Waals surface area contributed by atoms with E-state index >= 15 is 0 Å². The predicted octanol–water partition coefficient (Wildman–Crippen LogP) is 0.396. The Kier molecular flexibility index (Phi) is 4.73. The van der Waals surface area contributed by atoms with Crippen LogP contribution in [0.15, 0.2) is 29.2 Å². The molecule has 0 heterocycles. The second-order valence-electron chi connectivity index (χ2n) is 3.77. The van der Waals surface area contributed by atoms with Crippen LogP contribution in [-0.4, -0.2) is 32.1 Å². The van der Waals surface area contributed by atoms with Gasteiger partial charge in [-0.1, -0.05) is 6.07 Å². The Morgan fingerprint density at radius 3 is 2.45 bits per heavy atom. The van der Waals surface area contributed by atoms with Crippen LogP contribution in [0, 0.1) is 0 Å². The number of aliphatic carboxylic acids is 1. The summed E-state index contributed by atoms with van der Waals surface area (Å²) in [5.41, 5.74) is 3.92. The van der Waals surface area contributed by atoms with Gasteiger partial charge in [0.05, 0.1) is 10.5 Å². The van der Waals surface area contributed by atoms with Crippen molar-refractivity contribution in [3.63, 3.8) is 0 Å². The molecule has 0 unspecified atom stereocenters. The molecule has 1 atom stereocenters. The standard InChI is InChI=1S/C10H11F3N2O4S/c11-10(12,13)6-2-1-3-7(4-6)20(18,19)15-8(5-14)9(16)17/h1-4,8,15H,5,14H2,(H,16,17)/t8-/m0/s1. The van der Waals surface area contributed by atoms with E-state index in [1.165, 1.54) is 0 Å². The summed E-state index contributed by atoms with van der Waals surface area (Å²) in [6, 6.07) is 1.34. The number of carboxylic acids is 1. The van der Waals surface area contributed by atoms with Crippen molar-refractivity contribution >= 4 is 16.0 Å². The molecule has 0 radical (unpaired) electrons. The van der Waals surface area contributed by atoms with Gasteiger partial charge in [-0.05, 0) is 18.2 Å². The first-order valence-electron chi connectivity index (χ1n) is 5.20. The summed E-state index contributed by atoms with van der Waals surface area (Å²) in [7, 11) is -4.41. The molecule has 0 aromatic heterocycles. The van der Waals surface area contributed by atoms with Crippen molar-refractivity contribution in [1.29, 1.82) is 0 Å². The van der Waals surface area contributed by atoms with Crippen LogP contribution in [0.1, 0.15) is 5.56 Å². The lowest BCUT2D eigenvalue weighted by atomic mass is 10.2. The van der Waals surface area contributed by atoms with E-state index < -0.39 is 45.2 Å². The number of benzene rings is 1. The third-order valence-corrected chi connectivity index (χ3v) is 3.77. The molecule has 1 rings (SSSR count). The number of hydrogen-bond acceptors (Lipinski definition) is 4. The van der Waals surface area contributed by atoms with Crippen molar-refractivity contribution < 1.29 is 31.5 Å². The van der Waals surface area contributed by atoms with Gasteiger partial charge in [-0.15, -0.1) is 0 Å². The number of carboxylic acid groups (broad SMARTS) is 1. The molecule has 0 bridgehead atoms. The normalized spacial score (nSPS) is 14.0. The minimum absolute atomic E-state index is 0.414. The molecular formula is C10H11F3N2O4S. The minimum Gasteiger partial charge on any atom is -0.480 e. The number of carbonyl (C=O) groups is 1. The zero-order valence-electron chi connectivity index (χ0n) is 9.89. The zero-order valence-corrected chi connectivity index (χ0v) is 10.7. The summed E-state index contributed by atoms with van der Waals surface area (Å²) in [5, 5.41) is 8.68. The molecule has 4 N–H and O–H groups in total. The maximum absolute atomic E-state index is 12.5. The average molecular weight is 312 g/mol. The summed E-state index contributed by atoms with van der Waals surface area (Å²) in [6.07, 6.45) is -4.70. The van der Waals surface area contributed by atoms with Gasteiger partial charge in [0.1, 0.15) is 6.04 Å². The number of sulfonamides is 1. The van der Waals surface area contributed by atoms with Crippen molar-refractivity contribution in [1.82, 2.24) is 4.72 Å². The van der Waals surface area contributed by atoms with Crippen LogP contribution in [0.3, 0.4) is 0 Å². The Morgan fingerprint density at radius 2 is 2.00 bits per heavy atom. The van der Waals surface area contributed by atoms with E-state index in [1.807, 2.05) is 0 Å². The molecule has 0 spiro atoms. The Bertz CT molecular complexity index is 601. The number of halogens is 3. The smallest absolute Gasteiger partial charge is 0.416 e. The van der Waals surface area contributed by atoms with E-state index in [0.717, 1.165) is 12.1 Å². The zero-order chi connectivity index (χ0) is 15.6. The molecule has 20 heavy (non-hydrogen) atoms. The van der Waals surface area contributed by atoms with Gasteiger partial charge in [0, 0.05) is 6.54 Å². The van der Waals surface area contributed by atoms with Crippen LogP contribution < -0.4 is 10.5 Å². The second kappa shape index (κ2) is 5.77. The molecule has 10 heteroatoms. The van der Waals surface area contributed by atoms with Crippen LogP contribution in [0.4, 0.5) is 13.2 Å². The van der Waals surface area contributed by atoms with Crippen molar-refractivity contribution in [3.8, 4) is 0 Å². The Balaban J connectivity index is 3.13. The van der Waals surface area contributed by atoms with E-state index in [-0.39, 0.29) is 0 Å². The first-order valence-corrected chi connectivity index (χ1v) is 6.68. The third kappa shape index (κ3) is 3.92. The second-order valence-corrected chi connectivity index (χ2v) is 5.49. The quantitative estimate of drug-likeness (QED) is 0.729. The van der Waals surface area contributed by atoms with Crippen LogP contribution in [0.5, 0.6) is 0 Å². The van der Waals surface area contributed by atoms with E-state index in [1.54, 1.807) is 4.72 Å². The van der Waals surface area contributed by atoms with Crippen molar-refractivity contribution in [2.24, 2.45) is 5.73 Å². The summed E-state index contributed by atoms with van der Waals surface area (Å²) in [4.78, 5) is 9.99. The number of nitrogens with one attached hydrogen (secondary N) is 1. The highest BCUT2D eigenvalue weighted by molar-refractivity contribution is 7.89. The Morgan fingerprint density at radius 1 is 1.40 bits per heavy atom. The molecule has 112 valence electrons. The summed E-state index contributed by atoms with van der Waals surface area (Å²) < 4.78 is 62.7. The van der Waals surface area contributed by atoms with Crippen LogP contribution in [-0.2, 0) is 21.0 Å². The molecule has 0 aliphatic rings. The van der Waals surface area contributed by atoms with Crippen LogP contribution in [0.2, 0.25) is 0 Å². The fraction of sp³-hybridized carbons (Fsp3) is 0.300. The molecule has 0 aliphatic heterocycles. The molecule has 0 aliphatic carbocycles. The molecular weight excluding hydrogens is 301 g/mol. The SMILES string of the molecule is NC[C@H](NS(=O)(=O)c1cccc(C(F)(F)F)c1)C(=O)O. The number of alkyl halides is 3. The molecule has 0 amide bonds. The highest BCUT2D eigenvalue weighted by Crippen LogP contribution is 2.30. The largest absolute Gasteiger partial charge is 0.480 e. The molecule has 0 saturated carbocycles. The van der Waals surface area contributed by atoms with Crippen LogP contribution in [0.25, 0.3) is 0 Å². The summed E-state index contributed by atoms with van der Waals surface area (Å²) in [6.45, 7) is -0.534. The van der Waals surface area contributed by atoms with E-state index in [9.17, 15) is 26.4 Å². The van der Waals surface area contributed by atoms with E-state index in [0.29, 0.717) is 12.1 Å². The van der Waals surface area contributed by atoms with Gasteiger partial charge in [0.15, 0.2) is 0 Å². The van der Waals surface area contributed by atoms with Gasteiger partial charge in [-0.2, -0.15) is 17.9 Å². The maximum atomic E-state index is 12.5. The number of hydrogen-bond donors (Lipinski definition) is 3. The molecule has 0 saturated heterocycles. The highest BCUT2D eigenvalue weighted by atomic mass is 32.2. The lowest BCUT2D eigenvalue weighted by Gasteiger charge is -2.14. The van der Waals surface area contributed by atoms with Crippen molar-refractivity contribution in [2.75, 3.05) is 6.54 Å². The third-order valence-electron chi connectivity index (χ3n) is 2.30. The topological polar surface area (TPSA) is 109 Å². The average Bonchev–Trinajstić information content (AvgIpc) is 2.35. The summed E-state index contributed by atoms with van der Waals surface area (Å²) in [5.74, 6) is -1.52. The Labute approximate surface area is 112 Å². The highest BCUT2D eigenvalue weighted by Gasteiger charge is 2.32. The lowest BCUT2D eigenvalue weighted by molar-refractivity contribution is -0.139. The minimum atomic E-state index is -4.70. The van der Waals surface area contributed by atoms with Crippen LogP contribution >= 0.6 is 0 Å². The molecule has 0 fully saturated rings. The summed E-state index contributed by atoms with van der Waals surface area (Å²) >= 11 is 0. The van der Waals surface area contributed by atoms with Gasteiger partial charge in [-0.3, -0.25) is 4.79 Å². The molecule has 1 aromatic rings. The fourth-order valence-electron chi connectivity index (χ4n) is 1.29. The van der Waals surface area contributed by atoms with E-state index in [4.69, 9.17) is 10.8 Å². The van der Waals surface area contributed by atoms with Gasteiger partial charge >= 0.3 is 12.1 Å². The van der Waals surface area contributed by atoms with Crippen molar-refractivity contribution in [2.45, 2.75) is 17.1 Å². The lowest BCUT2D eigenvalue weighted by Crippen LogP contribution is -2.45. The van der Waals surface area contributed by atoms with Gasteiger partial charge in [0.2, 0.25) is 10.0 Å². The molecule has 1 aromatic carbocycles. The Hall–Kier alpha value is -1.65. The molecule has 6 nitrogen and oxygen atoms in total. The number of nitrogens with two attached hydrogens (primary N) is 1. The van der Waals surface area contributed by atoms with Gasteiger partial charge in [-0.25, -0.2) is 8.42 Å². The monoisotopic (exact) mass is 312 g/mol. The fourth-order valence-corrected chi connectivity index (χ4v) is 2.54. The van der Waals surface area contributed by atoms with Gasteiger partial charge in [0.25, 0.3) is 0 Å². The predicted molar refractivity (Wildman–Crippen MR) is 62.2 cm³/mol. The number of rotatable bonds is 5.